The van der Waals surface area contributed by atoms with Crippen molar-refractivity contribution in [2.45, 2.75) is 0 Å². The largest absolute Gasteiger partial charge is 0.872 e. The maximum atomic E-state index is 10.7. The molecule has 0 aliphatic carbocycles. The average molecular weight is 321 g/mol. The van der Waals surface area contributed by atoms with Crippen LogP contribution in [0.1, 0.15) is 10.4 Å². The van der Waals surface area contributed by atoms with E-state index in [1.54, 1.807) is 0 Å². The molecule has 0 bridgehead atoms. The maximum Gasteiger partial charge on any atom is 0.335 e. The molecule has 9 heteroatoms. The third-order valence-corrected chi connectivity index (χ3v) is 1.89. The first-order valence-corrected chi connectivity index (χ1v) is 6.68. The number of rotatable bonds is 3. The SMILES string of the molecule is C[N+](C)(C)CCO.O=C(O)c1ccccc1[O-].O=S([O-])[O-]. The van der Waals surface area contributed by atoms with E-state index in [1.165, 1.54) is 24.3 Å². The Balaban J connectivity index is 0. The predicted molar refractivity (Wildman–Crippen MR) is 72.5 cm³/mol. The molecule has 0 fully saturated rings. The summed E-state index contributed by atoms with van der Waals surface area (Å²) in [5.41, 5.74) is -0.178. The third kappa shape index (κ3) is 16.4. The number of benzene rings is 1. The number of carboxylic acids is 1. The molecule has 0 saturated carbocycles. The maximum absolute atomic E-state index is 10.7. The zero-order valence-electron chi connectivity index (χ0n) is 12.0. The quantitative estimate of drug-likeness (QED) is 0.544. The minimum absolute atomic E-state index is 0.178. The average Bonchev–Trinajstić information content (AvgIpc) is 2.27. The monoisotopic (exact) mass is 321 g/mol. The number of aliphatic hydroxyl groups is 1. The number of aromatic carboxylic acids is 1. The van der Waals surface area contributed by atoms with Crippen molar-refractivity contribution >= 4 is 17.3 Å². The molecule has 1 aromatic rings. The second kappa shape index (κ2) is 11.2. The molecule has 0 unspecified atom stereocenters. The van der Waals surface area contributed by atoms with E-state index in [-0.39, 0.29) is 12.2 Å². The molecule has 21 heavy (non-hydrogen) atoms. The summed E-state index contributed by atoms with van der Waals surface area (Å²) >= 11 is -3.11. The van der Waals surface area contributed by atoms with Gasteiger partial charge in [0, 0.05) is 0 Å². The number of likely N-dealkylation sites (N-methyl/N-ethyl adjacent to an activating group) is 1. The third-order valence-electron chi connectivity index (χ3n) is 1.89. The van der Waals surface area contributed by atoms with Crippen molar-refractivity contribution in [3.05, 3.63) is 29.8 Å². The van der Waals surface area contributed by atoms with E-state index < -0.39 is 23.1 Å². The van der Waals surface area contributed by atoms with E-state index in [0.29, 0.717) is 0 Å². The van der Waals surface area contributed by atoms with Crippen molar-refractivity contribution in [1.82, 2.24) is 0 Å². The van der Waals surface area contributed by atoms with E-state index in [1.807, 2.05) is 0 Å². The van der Waals surface area contributed by atoms with Crippen LogP contribution in [-0.2, 0) is 11.4 Å². The van der Waals surface area contributed by atoms with Gasteiger partial charge in [-0.05, 0) is 6.07 Å². The highest BCUT2D eigenvalue weighted by Gasteiger charge is 2.02. The molecule has 0 aromatic heterocycles. The van der Waals surface area contributed by atoms with Gasteiger partial charge in [0.15, 0.2) is 0 Å². The Labute approximate surface area is 126 Å². The Morgan fingerprint density at radius 3 is 1.86 bits per heavy atom. The van der Waals surface area contributed by atoms with Crippen LogP contribution < -0.4 is 5.11 Å². The fourth-order valence-electron chi connectivity index (χ4n) is 0.943. The van der Waals surface area contributed by atoms with Gasteiger partial charge >= 0.3 is 5.97 Å². The number of carboxylic acid groups (broad SMARTS) is 1. The van der Waals surface area contributed by atoms with Gasteiger partial charge in [0.2, 0.25) is 0 Å². The fraction of sp³-hybridized carbons (Fsp3) is 0.417. The van der Waals surface area contributed by atoms with Gasteiger partial charge in [0.1, 0.15) is 6.54 Å². The highest BCUT2D eigenvalue weighted by molar-refractivity contribution is 7.72. The van der Waals surface area contributed by atoms with Crippen molar-refractivity contribution in [1.29, 1.82) is 0 Å². The molecule has 8 nitrogen and oxygen atoms in total. The first-order chi connectivity index (χ1) is 9.51. The van der Waals surface area contributed by atoms with Crippen LogP contribution >= 0.6 is 0 Å². The van der Waals surface area contributed by atoms with E-state index in [0.717, 1.165) is 11.0 Å². The van der Waals surface area contributed by atoms with E-state index >= 15 is 0 Å². The lowest BCUT2D eigenvalue weighted by atomic mass is 10.2. The Hall–Kier alpha value is -1.52. The summed E-state index contributed by atoms with van der Waals surface area (Å²) in [4.78, 5) is 10.2. The van der Waals surface area contributed by atoms with Gasteiger partial charge in [0.25, 0.3) is 0 Å². The minimum Gasteiger partial charge on any atom is -0.872 e. The van der Waals surface area contributed by atoms with Gasteiger partial charge in [-0.1, -0.05) is 23.9 Å². The lowest BCUT2D eigenvalue weighted by Crippen LogP contribution is -2.36. The summed E-state index contributed by atoms with van der Waals surface area (Å²) in [6.45, 7) is 1.11. The summed E-state index contributed by atoms with van der Waals surface area (Å²) < 4.78 is 26.2. The highest BCUT2D eigenvalue weighted by Crippen LogP contribution is 2.10. The molecule has 0 spiro atoms. The standard InChI is InChI=1S/C7H6O3.C5H14NO.H2O3S/c8-6-4-2-1-3-5(6)7(9)10;1-6(2,3)4-5-7;1-4(2)3/h1-4,8H,(H,9,10);7H,4-5H2,1-3H3;(H2,1,2,3)/q;+1;/p-3. The molecule has 0 atom stereocenters. The number of hydrogen-bond donors (Lipinski definition) is 2. The molecule has 0 aliphatic rings. The molecular formula is C12H19NO7S-2. The molecule has 0 radical (unpaired) electrons. The van der Waals surface area contributed by atoms with Gasteiger partial charge in [-0.2, -0.15) is 0 Å². The van der Waals surface area contributed by atoms with Crippen molar-refractivity contribution in [2.75, 3.05) is 34.3 Å². The molecule has 0 heterocycles. The van der Waals surface area contributed by atoms with Crippen molar-refractivity contribution in [2.24, 2.45) is 0 Å². The summed E-state index contributed by atoms with van der Waals surface area (Å²) in [6.07, 6.45) is 0. The summed E-state index contributed by atoms with van der Waals surface area (Å²) in [5.74, 6) is -1.62. The first-order valence-electron chi connectivity index (χ1n) is 5.68. The van der Waals surface area contributed by atoms with E-state index in [9.17, 15) is 9.90 Å². The first kappa shape index (κ1) is 21.8. The molecule has 122 valence electrons. The van der Waals surface area contributed by atoms with Crippen LogP contribution in [0.4, 0.5) is 0 Å². The molecule has 0 aliphatic heterocycles. The molecule has 0 saturated heterocycles. The van der Waals surface area contributed by atoms with Gasteiger partial charge in [-0.3, -0.25) is 4.21 Å². The van der Waals surface area contributed by atoms with Crippen molar-refractivity contribution < 1.29 is 37.9 Å². The number of hydrogen-bond acceptors (Lipinski definition) is 6. The molecule has 2 N–H and O–H groups in total. The number of aliphatic hydroxyl groups excluding tert-OH is 1. The van der Waals surface area contributed by atoms with Crippen LogP contribution in [0.2, 0.25) is 0 Å². The summed E-state index contributed by atoms with van der Waals surface area (Å²) in [6, 6.07) is 5.54. The van der Waals surface area contributed by atoms with Crippen LogP contribution in [0.5, 0.6) is 5.75 Å². The molecule has 1 aromatic carbocycles. The van der Waals surface area contributed by atoms with Crippen LogP contribution in [-0.4, -0.2) is 68.3 Å². The predicted octanol–water partition coefficient (Wildman–Crippen LogP) is -0.861. The lowest BCUT2D eigenvalue weighted by Gasteiger charge is -2.21. The van der Waals surface area contributed by atoms with Crippen LogP contribution in [0.25, 0.3) is 0 Å². The second-order valence-electron chi connectivity index (χ2n) is 4.74. The Bertz CT molecular complexity index is 441. The van der Waals surface area contributed by atoms with E-state index in [4.69, 9.17) is 23.5 Å². The lowest BCUT2D eigenvalue weighted by molar-refractivity contribution is -0.870. The summed E-state index contributed by atoms with van der Waals surface area (Å²) in [7, 11) is 6.16. The molecule has 0 amide bonds. The van der Waals surface area contributed by atoms with Gasteiger partial charge in [-0.15, -0.1) is 11.4 Å². The minimum atomic E-state index is -3.11. The fourth-order valence-corrected chi connectivity index (χ4v) is 0.943. The second-order valence-corrected chi connectivity index (χ2v) is 5.15. The number of carbonyl (C=O) groups is 1. The zero-order valence-corrected chi connectivity index (χ0v) is 12.8. The topological polar surface area (TPSA) is 144 Å². The Morgan fingerprint density at radius 1 is 1.24 bits per heavy atom. The number of nitrogens with zero attached hydrogens (tertiary/aromatic N) is 1. The highest BCUT2D eigenvalue weighted by atomic mass is 32.2. The molecule has 1 rings (SSSR count). The Morgan fingerprint density at radius 2 is 1.67 bits per heavy atom. The van der Waals surface area contributed by atoms with Crippen molar-refractivity contribution in [3.63, 3.8) is 0 Å². The molecular weight excluding hydrogens is 302 g/mol. The van der Waals surface area contributed by atoms with Crippen LogP contribution in [0.15, 0.2) is 24.3 Å². The van der Waals surface area contributed by atoms with Gasteiger partial charge in [-0.25, -0.2) is 4.79 Å². The summed E-state index contributed by atoms with van der Waals surface area (Å²) in [5, 5.41) is 27.4. The number of quaternary nitrogens is 1. The van der Waals surface area contributed by atoms with Crippen LogP contribution in [0, 0.1) is 0 Å². The van der Waals surface area contributed by atoms with Gasteiger partial charge < -0.3 is 28.9 Å². The van der Waals surface area contributed by atoms with Crippen molar-refractivity contribution in [3.8, 4) is 5.75 Å². The van der Waals surface area contributed by atoms with Crippen LogP contribution in [0.3, 0.4) is 0 Å². The Kier molecular flexibility index (Phi) is 11.6. The normalized spacial score (nSPS) is 10.0. The van der Waals surface area contributed by atoms with E-state index in [2.05, 4.69) is 21.1 Å². The smallest absolute Gasteiger partial charge is 0.335 e. The van der Waals surface area contributed by atoms with Gasteiger partial charge in [0.05, 0.1) is 33.3 Å². The zero-order chi connectivity index (χ0) is 17.1. The number of para-hydroxylation sites is 1.